The van der Waals surface area contributed by atoms with Crippen molar-refractivity contribution in [2.45, 2.75) is 25.3 Å². The van der Waals surface area contributed by atoms with Crippen LogP contribution in [0, 0.1) is 6.92 Å². The van der Waals surface area contributed by atoms with Gasteiger partial charge >= 0.3 is 5.97 Å². The van der Waals surface area contributed by atoms with Crippen LogP contribution in [0.3, 0.4) is 0 Å². The third-order valence-electron chi connectivity index (χ3n) is 3.85. The van der Waals surface area contributed by atoms with Crippen LogP contribution < -0.4 is 5.32 Å². The molecule has 4 heteroatoms. The minimum Gasteiger partial charge on any atom is -0.467 e. The number of likely N-dealkylation sites (tertiary alicyclic amines) is 1. The van der Waals surface area contributed by atoms with Crippen molar-refractivity contribution in [2.75, 3.05) is 32.6 Å². The van der Waals surface area contributed by atoms with Gasteiger partial charge in [-0.25, -0.2) is 4.79 Å². The molecule has 19 heavy (non-hydrogen) atoms. The maximum Gasteiger partial charge on any atom is 0.331 e. The molecule has 1 aromatic carbocycles. The number of hydrogen-bond acceptors (Lipinski definition) is 4. The van der Waals surface area contributed by atoms with Gasteiger partial charge in [-0.05, 0) is 38.9 Å². The van der Waals surface area contributed by atoms with Crippen LogP contribution in [-0.2, 0) is 9.53 Å². The molecule has 1 saturated heterocycles. The number of benzene rings is 1. The molecule has 1 heterocycles. The highest BCUT2D eigenvalue weighted by molar-refractivity contribution is 5.84. The van der Waals surface area contributed by atoms with E-state index in [4.69, 9.17) is 4.74 Å². The zero-order valence-corrected chi connectivity index (χ0v) is 11.9. The highest BCUT2D eigenvalue weighted by Gasteiger charge is 2.41. The van der Waals surface area contributed by atoms with Gasteiger partial charge in [-0.1, -0.05) is 17.7 Å². The Morgan fingerprint density at radius 1 is 1.26 bits per heavy atom. The Hall–Kier alpha value is -1.55. The van der Waals surface area contributed by atoms with Crippen LogP contribution in [0.25, 0.3) is 0 Å². The number of carbonyl (C=O) groups is 1. The molecule has 0 atom stereocenters. The van der Waals surface area contributed by atoms with E-state index in [0.29, 0.717) is 0 Å². The number of aryl methyl sites for hydroxylation is 1. The highest BCUT2D eigenvalue weighted by Crippen LogP contribution is 2.28. The summed E-state index contributed by atoms with van der Waals surface area (Å²) in [5, 5.41) is 3.39. The first-order chi connectivity index (χ1) is 9.05. The Balaban J connectivity index is 2.18. The topological polar surface area (TPSA) is 41.6 Å². The van der Waals surface area contributed by atoms with Gasteiger partial charge in [-0.3, -0.25) is 0 Å². The summed E-state index contributed by atoms with van der Waals surface area (Å²) in [5.74, 6) is -0.166. The minimum atomic E-state index is -0.587. The Kier molecular flexibility index (Phi) is 4.10. The van der Waals surface area contributed by atoms with Crippen LogP contribution in [0.5, 0.6) is 0 Å². The molecule has 0 radical (unpaired) electrons. The smallest absolute Gasteiger partial charge is 0.331 e. The van der Waals surface area contributed by atoms with Crippen LogP contribution in [0.2, 0.25) is 0 Å². The third kappa shape index (κ3) is 3.07. The summed E-state index contributed by atoms with van der Waals surface area (Å²) in [6, 6.07) is 8.11. The van der Waals surface area contributed by atoms with Gasteiger partial charge in [0.1, 0.15) is 5.54 Å². The van der Waals surface area contributed by atoms with E-state index >= 15 is 0 Å². The van der Waals surface area contributed by atoms with E-state index in [2.05, 4.69) is 24.2 Å². The summed E-state index contributed by atoms with van der Waals surface area (Å²) in [4.78, 5) is 14.4. The van der Waals surface area contributed by atoms with Gasteiger partial charge in [0.2, 0.25) is 0 Å². The predicted octanol–water partition coefficient (Wildman–Crippen LogP) is 2.04. The molecular formula is C15H22N2O2. The molecule has 1 aliphatic rings. The van der Waals surface area contributed by atoms with Crippen molar-refractivity contribution in [2.24, 2.45) is 0 Å². The normalized spacial score (nSPS) is 18.9. The first kappa shape index (κ1) is 13.9. The van der Waals surface area contributed by atoms with E-state index in [9.17, 15) is 4.79 Å². The van der Waals surface area contributed by atoms with Gasteiger partial charge in [0.05, 0.1) is 7.11 Å². The fourth-order valence-corrected chi connectivity index (χ4v) is 2.49. The fourth-order valence-electron chi connectivity index (χ4n) is 2.49. The number of nitrogens with one attached hydrogen (secondary N) is 1. The number of carbonyl (C=O) groups excluding carboxylic acids is 1. The Morgan fingerprint density at radius 2 is 1.84 bits per heavy atom. The standard InChI is InChI=1S/C15H22N2O2/c1-12-4-6-13(7-5-12)16-15(14(18)19-3)8-10-17(2)11-9-15/h4-7,16H,8-11H2,1-3H3. The number of rotatable bonds is 3. The molecule has 0 saturated carbocycles. The molecule has 0 aromatic heterocycles. The Labute approximate surface area is 114 Å². The summed E-state index contributed by atoms with van der Waals surface area (Å²) < 4.78 is 5.00. The number of methoxy groups -OCH3 is 1. The van der Waals surface area contributed by atoms with E-state index < -0.39 is 5.54 Å². The maximum atomic E-state index is 12.2. The second-order valence-corrected chi connectivity index (χ2v) is 5.37. The van der Waals surface area contributed by atoms with Crippen molar-refractivity contribution in [1.29, 1.82) is 0 Å². The Bertz CT molecular complexity index is 434. The monoisotopic (exact) mass is 262 g/mol. The molecule has 0 amide bonds. The van der Waals surface area contributed by atoms with Gasteiger partial charge in [-0.2, -0.15) is 0 Å². The second kappa shape index (κ2) is 5.61. The average molecular weight is 262 g/mol. The van der Waals surface area contributed by atoms with Crippen molar-refractivity contribution in [3.8, 4) is 0 Å². The molecule has 1 aromatic rings. The molecule has 0 bridgehead atoms. The van der Waals surface area contributed by atoms with Crippen LogP contribution >= 0.6 is 0 Å². The lowest BCUT2D eigenvalue weighted by Crippen LogP contribution is -2.54. The van der Waals surface area contributed by atoms with Gasteiger partial charge in [0, 0.05) is 18.8 Å². The van der Waals surface area contributed by atoms with Crippen LogP contribution in [0.15, 0.2) is 24.3 Å². The largest absolute Gasteiger partial charge is 0.467 e. The molecule has 0 unspecified atom stereocenters. The fraction of sp³-hybridized carbons (Fsp3) is 0.533. The van der Waals surface area contributed by atoms with Gasteiger partial charge < -0.3 is 15.0 Å². The second-order valence-electron chi connectivity index (χ2n) is 5.37. The van der Waals surface area contributed by atoms with E-state index in [1.165, 1.54) is 12.7 Å². The van der Waals surface area contributed by atoms with Gasteiger partial charge in [-0.15, -0.1) is 0 Å². The quantitative estimate of drug-likeness (QED) is 0.846. The number of esters is 1. The van der Waals surface area contributed by atoms with Crippen LogP contribution in [0.1, 0.15) is 18.4 Å². The molecule has 0 aliphatic carbocycles. The molecule has 0 spiro atoms. The predicted molar refractivity (Wildman–Crippen MR) is 76.3 cm³/mol. The third-order valence-corrected chi connectivity index (χ3v) is 3.85. The lowest BCUT2D eigenvalue weighted by Gasteiger charge is -2.39. The zero-order chi connectivity index (χ0) is 13.9. The van der Waals surface area contributed by atoms with E-state index in [-0.39, 0.29) is 5.97 Å². The highest BCUT2D eigenvalue weighted by atomic mass is 16.5. The average Bonchev–Trinajstić information content (AvgIpc) is 2.43. The SMILES string of the molecule is COC(=O)C1(Nc2ccc(C)cc2)CCN(C)CC1. The zero-order valence-electron chi connectivity index (χ0n) is 11.9. The van der Waals surface area contributed by atoms with Gasteiger partial charge in [0.25, 0.3) is 0 Å². The first-order valence-corrected chi connectivity index (χ1v) is 6.67. The summed E-state index contributed by atoms with van der Waals surface area (Å²) >= 11 is 0. The summed E-state index contributed by atoms with van der Waals surface area (Å²) in [6.07, 6.45) is 1.54. The summed E-state index contributed by atoms with van der Waals surface area (Å²) in [7, 11) is 3.53. The summed E-state index contributed by atoms with van der Waals surface area (Å²) in [5.41, 5.74) is 1.60. The lowest BCUT2D eigenvalue weighted by atomic mass is 9.87. The molecule has 2 rings (SSSR count). The molecule has 1 N–H and O–H groups in total. The molecule has 1 fully saturated rings. The van der Waals surface area contributed by atoms with Crippen molar-refractivity contribution >= 4 is 11.7 Å². The molecule has 1 aliphatic heterocycles. The van der Waals surface area contributed by atoms with Crippen molar-refractivity contribution in [3.63, 3.8) is 0 Å². The molecule has 4 nitrogen and oxygen atoms in total. The van der Waals surface area contributed by atoms with Crippen molar-refractivity contribution in [1.82, 2.24) is 4.90 Å². The maximum absolute atomic E-state index is 12.2. The first-order valence-electron chi connectivity index (χ1n) is 6.67. The number of piperidine rings is 1. The minimum absolute atomic E-state index is 0.166. The molecular weight excluding hydrogens is 240 g/mol. The number of anilines is 1. The van der Waals surface area contributed by atoms with E-state index in [0.717, 1.165) is 31.6 Å². The lowest BCUT2D eigenvalue weighted by molar-refractivity contribution is -0.147. The van der Waals surface area contributed by atoms with Gasteiger partial charge in [0.15, 0.2) is 0 Å². The van der Waals surface area contributed by atoms with Crippen molar-refractivity contribution in [3.05, 3.63) is 29.8 Å². The molecule has 104 valence electrons. The van der Waals surface area contributed by atoms with Crippen molar-refractivity contribution < 1.29 is 9.53 Å². The van der Waals surface area contributed by atoms with E-state index in [1.807, 2.05) is 24.3 Å². The number of ether oxygens (including phenoxy) is 1. The van der Waals surface area contributed by atoms with E-state index in [1.54, 1.807) is 0 Å². The van der Waals surface area contributed by atoms with Crippen LogP contribution in [0.4, 0.5) is 5.69 Å². The summed E-state index contributed by atoms with van der Waals surface area (Å²) in [6.45, 7) is 3.84. The number of nitrogens with zero attached hydrogens (tertiary/aromatic N) is 1. The number of hydrogen-bond donors (Lipinski definition) is 1. The Morgan fingerprint density at radius 3 is 2.37 bits per heavy atom. The van der Waals surface area contributed by atoms with Crippen LogP contribution in [-0.4, -0.2) is 43.7 Å².